The first kappa shape index (κ1) is 16.7. The molecule has 0 unspecified atom stereocenters. The lowest BCUT2D eigenvalue weighted by atomic mass is 9.90. The molecular weight excluding hydrogens is 306 g/mol. The molecule has 2 aromatic carbocycles. The first-order chi connectivity index (χ1) is 12.4. The second-order valence-electron chi connectivity index (χ2n) is 7.70. The molecule has 2 aromatic rings. The number of para-hydroxylation sites is 1. The van der Waals surface area contributed by atoms with Gasteiger partial charge >= 0.3 is 0 Å². The van der Waals surface area contributed by atoms with Gasteiger partial charge < -0.3 is 4.74 Å². The molecule has 1 heterocycles. The maximum Gasteiger partial charge on any atom is 0.119 e. The molecule has 0 radical (unpaired) electrons. The minimum absolute atomic E-state index is 0.799. The molecule has 0 aromatic heterocycles. The van der Waals surface area contributed by atoms with Crippen molar-refractivity contribution in [2.75, 3.05) is 26.2 Å². The summed E-state index contributed by atoms with van der Waals surface area (Å²) in [5.41, 5.74) is 1.56. The van der Waals surface area contributed by atoms with Gasteiger partial charge in [-0.15, -0.1) is 0 Å². The fourth-order valence-corrected chi connectivity index (χ4v) is 4.30. The zero-order chi connectivity index (χ0) is 16.9. The number of hydrogen-bond donors (Lipinski definition) is 0. The lowest BCUT2D eigenvalue weighted by Gasteiger charge is -2.32. The number of likely N-dealkylation sites (tertiary alicyclic amines) is 1. The van der Waals surface area contributed by atoms with Crippen LogP contribution < -0.4 is 4.74 Å². The van der Waals surface area contributed by atoms with Gasteiger partial charge in [-0.25, -0.2) is 0 Å². The Hall–Kier alpha value is -1.80. The largest absolute Gasteiger partial charge is 0.492 e. The van der Waals surface area contributed by atoms with Crippen LogP contribution in [0.5, 0.6) is 5.75 Å². The van der Waals surface area contributed by atoms with Crippen LogP contribution in [0.25, 0.3) is 0 Å². The summed E-state index contributed by atoms with van der Waals surface area (Å²) in [6.07, 6.45) is 5.58. The van der Waals surface area contributed by atoms with Crippen molar-refractivity contribution >= 4 is 0 Å². The van der Waals surface area contributed by atoms with Gasteiger partial charge in [-0.1, -0.05) is 48.5 Å². The number of nitrogens with zero attached hydrogens (tertiary/aromatic N) is 1. The summed E-state index contributed by atoms with van der Waals surface area (Å²) in [5, 5.41) is 0. The van der Waals surface area contributed by atoms with Crippen LogP contribution in [-0.4, -0.2) is 31.1 Å². The van der Waals surface area contributed by atoms with Crippen molar-refractivity contribution in [2.45, 2.75) is 31.6 Å². The van der Waals surface area contributed by atoms with Crippen LogP contribution in [0.4, 0.5) is 0 Å². The molecule has 1 aliphatic heterocycles. The van der Waals surface area contributed by atoms with Gasteiger partial charge in [-0.05, 0) is 74.2 Å². The Labute approximate surface area is 151 Å². The molecule has 25 heavy (non-hydrogen) atoms. The molecule has 2 nitrogen and oxygen atoms in total. The Morgan fingerprint density at radius 1 is 0.880 bits per heavy atom. The third-order valence-corrected chi connectivity index (χ3v) is 5.91. The summed E-state index contributed by atoms with van der Waals surface area (Å²) < 4.78 is 5.83. The number of ether oxygens (including phenoxy) is 1. The van der Waals surface area contributed by atoms with Crippen LogP contribution in [0, 0.1) is 11.8 Å². The average Bonchev–Trinajstić information content (AvgIpc) is 3.44. The average molecular weight is 335 g/mol. The lowest BCUT2D eigenvalue weighted by molar-refractivity contribution is 0.149. The van der Waals surface area contributed by atoms with Crippen molar-refractivity contribution in [1.82, 2.24) is 4.90 Å². The fraction of sp³-hybridized carbons (Fsp3) is 0.478. The highest BCUT2D eigenvalue weighted by molar-refractivity contribution is 5.25. The first-order valence-corrected chi connectivity index (χ1v) is 9.83. The zero-order valence-electron chi connectivity index (χ0n) is 15.0. The Balaban J connectivity index is 1.13. The third kappa shape index (κ3) is 4.64. The molecule has 132 valence electrons. The van der Waals surface area contributed by atoms with Gasteiger partial charge in [0, 0.05) is 6.54 Å². The summed E-state index contributed by atoms with van der Waals surface area (Å²) >= 11 is 0. The first-order valence-electron chi connectivity index (χ1n) is 9.83. The van der Waals surface area contributed by atoms with E-state index in [9.17, 15) is 0 Å². The summed E-state index contributed by atoms with van der Waals surface area (Å²) in [4.78, 5) is 2.57. The number of rotatable bonds is 7. The van der Waals surface area contributed by atoms with Gasteiger partial charge in [0.2, 0.25) is 0 Å². The second-order valence-corrected chi connectivity index (χ2v) is 7.70. The minimum Gasteiger partial charge on any atom is -0.492 e. The summed E-state index contributed by atoms with van der Waals surface area (Å²) in [6.45, 7) is 4.34. The van der Waals surface area contributed by atoms with Gasteiger partial charge in [-0.2, -0.15) is 0 Å². The zero-order valence-corrected chi connectivity index (χ0v) is 15.0. The number of hydrogen-bond acceptors (Lipinski definition) is 2. The SMILES string of the molecule is c1ccc(OCCN2CCC(C[C@@H]3C[C@H]3c3ccccc3)CC2)cc1. The van der Waals surface area contributed by atoms with Crippen LogP contribution in [0.3, 0.4) is 0 Å². The molecule has 1 saturated heterocycles. The molecule has 1 saturated carbocycles. The Kier molecular flexibility index (Phi) is 5.37. The highest BCUT2D eigenvalue weighted by Crippen LogP contribution is 2.51. The van der Waals surface area contributed by atoms with Gasteiger partial charge in [-0.3, -0.25) is 4.90 Å². The molecule has 0 spiro atoms. The Morgan fingerprint density at radius 2 is 1.56 bits per heavy atom. The molecule has 2 heteroatoms. The van der Waals surface area contributed by atoms with Crippen molar-refractivity contribution < 1.29 is 4.74 Å². The van der Waals surface area contributed by atoms with Crippen molar-refractivity contribution in [3.8, 4) is 5.75 Å². The molecule has 0 N–H and O–H groups in total. The van der Waals surface area contributed by atoms with E-state index in [1.807, 2.05) is 30.3 Å². The van der Waals surface area contributed by atoms with Crippen molar-refractivity contribution in [1.29, 1.82) is 0 Å². The van der Waals surface area contributed by atoms with Crippen LogP contribution in [0.1, 0.15) is 37.2 Å². The maximum absolute atomic E-state index is 5.83. The highest BCUT2D eigenvalue weighted by atomic mass is 16.5. The van der Waals surface area contributed by atoms with E-state index in [0.717, 1.165) is 36.7 Å². The predicted octanol–water partition coefficient (Wildman–Crippen LogP) is 4.97. The molecule has 4 rings (SSSR count). The molecular formula is C23H29NO. The smallest absolute Gasteiger partial charge is 0.119 e. The Morgan fingerprint density at radius 3 is 2.28 bits per heavy atom. The van der Waals surface area contributed by atoms with Gasteiger partial charge in [0.05, 0.1) is 0 Å². The van der Waals surface area contributed by atoms with E-state index >= 15 is 0 Å². The standard InChI is InChI=1S/C23H29NO/c1-3-7-20(8-4-1)23-18-21(23)17-19-11-13-24(14-12-19)15-16-25-22-9-5-2-6-10-22/h1-10,19,21,23H,11-18H2/t21-,23+/m1/s1. The summed E-state index contributed by atoms with van der Waals surface area (Å²) in [6, 6.07) is 21.2. The van der Waals surface area contributed by atoms with Crippen LogP contribution >= 0.6 is 0 Å². The third-order valence-electron chi connectivity index (χ3n) is 5.91. The lowest BCUT2D eigenvalue weighted by Crippen LogP contribution is -2.36. The normalized spacial score (nSPS) is 24.2. The van der Waals surface area contributed by atoms with Gasteiger partial charge in [0.1, 0.15) is 12.4 Å². The van der Waals surface area contributed by atoms with E-state index < -0.39 is 0 Å². The van der Waals surface area contributed by atoms with E-state index in [1.54, 1.807) is 5.56 Å². The minimum atomic E-state index is 0.799. The Bertz CT molecular complexity index is 634. The quantitative estimate of drug-likeness (QED) is 0.708. The fourth-order valence-electron chi connectivity index (χ4n) is 4.30. The van der Waals surface area contributed by atoms with Crippen LogP contribution in [0.15, 0.2) is 60.7 Å². The van der Waals surface area contributed by atoms with Crippen molar-refractivity contribution in [3.63, 3.8) is 0 Å². The number of benzene rings is 2. The molecule has 2 atom stereocenters. The van der Waals surface area contributed by atoms with Gasteiger partial charge in [0.25, 0.3) is 0 Å². The second kappa shape index (κ2) is 8.05. The van der Waals surface area contributed by atoms with Crippen LogP contribution in [0.2, 0.25) is 0 Å². The predicted molar refractivity (Wildman–Crippen MR) is 103 cm³/mol. The van der Waals surface area contributed by atoms with E-state index in [1.165, 1.54) is 38.8 Å². The van der Waals surface area contributed by atoms with Crippen LogP contribution in [-0.2, 0) is 0 Å². The van der Waals surface area contributed by atoms with Crippen molar-refractivity contribution in [2.24, 2.45) is 11.8 Å². The van der Waals surface area contributed by atoms with Crippen molar-refractivity contribution in [3.05, 3.63) is 66.2 Å². The highest BCUT2D eigenvalue weighted by Gasteiger charge is 2.39. The monoisotopic (exact) mass is 335 g/mol. The summed E-state index contributed by atoms with van der Waals surface area (Å²) in [7, 11) is 0. The van der Waals surface area contributed by atoms with Gasteiger partial charge in [0.15, 0.2) is 0 Å². The molecule has 2 aliphatic rings. The summed E-state index contributed by atoms with van der Waals surface area (Å²) in [5.74, 6) is 3.71. The topological polar surface area (TPSA) is 12.5 Å². The van der Waals surface area contributed by atoms with E-state index in [2.05, 4.69) is 35.2 Å². The molecule has 1 aliphatic carbocycles. The molecule has 0 amide bonds. The maximum atomic E-state index is 5.83. The van der Waals surface area contributed by atoms with E-state index in [-0.39, 0.29) is 0 Å². The molecule has 0 bridgehead atoms. The van der Waals surface area contributed by atoms with E-state index in [0.29, 0.717) is 0 Å². The number of piperidine rings is 1. The van der Waals surface area contributed by atoms with E-state index in [4.69, 9.17) is 4.74 Å². The molecule has 2 fully saturated rings.